The minimum atomic E-state index is -0.596. The van der Waals surface area contributed by atoms with Crippen molar-refractivity contribution in [1.29, 1.82) is 0 Å². The Balaban J connectivity index is 1.95. The van der Waals surface area contributed by atoms with E-state index in [1.807, 2.05) is 18.2 Å². The second-order valence-electron chi connectivity index (χ2n) is 5.26. The minimum Gasteiger partial charge on any atom is -0.383 e. The zero-order valence-electron chi connectivity index (χ0n) is 11.0. The minimum absolute atomic E-state index is 0.0421. The quantitative estimate of drug-likeness (QED) is 0.768. The van der Waals surface area contributed by atoms with Gasteiger partial charge >= 0.3 is 0 Å². The van der Waals surface area contributed by atoms with Crippen LogP contribution in [0.5, 0.6) is 0 Å². The van der Waals surface area contributed by atoms with E-state index in [4.69, 9.17) is 4.74 Å². The predicted molar refractivity (Wildman–Crippen MR) is 69.7 cm³/mol. The lowest BCUT2D eigenvalue weighted by atomic mass is 9.80. The molecule has 1 aliphatic carbocycles. The van der Waals surface area contributed by atoms with Crippen LogP contribution in [0.1, 0.15) is 24.0 Å². The average Bonchev–Trinajstić information content (AvgIpc) is 2.90. The van der Waals surface area contributed by atoms with Crippen molar-refractivity contribution < 1.29 is 14.3 Å². The SMILES string of the molecule is COCCN1C(=O)CC2(CCc3ccccc32)C1=O. The molecule has 0 N–H and O–H groups in total. The first-order chi connectivity index (χ1) is 9.19. The molecule has 19 heavy (non-hydrogen) atoms. The first-order valence-corrected chi connectivity index (χ1v) is 6.61. The van der Waals surface area contributed by atoms with Crippen molar-refractivity contribution >= 4 is 11.8 Å². The van der Waals surface area contributed by atoms with Gasteiger partial charge in [0, 0.05) is 13.5 Å². The summed E-state index contributed by atoms with van der Waals surface area (Å²) >= 11 is 0. The molecule has 1 fully saturated rings. The Morgan fingerprint density at radius 2 is 2.11 bits per heavy atom. The van der Waals surface area contributed by atoms with Crippen LogP contribution in [0.15, 0.2) is 24.3 Å². The second-order valence-corrected chi connectivity index (χ2v) is 5.26. The largest absolute Gasteiger partial charge is 0.383 e. The van der Waals surface area contributed by atoms with Crippen molar-refractivity contribution in [2.75, 3.05) is 20.3 Å². The summed E-state index contributed by atoms with van der Waals surface area (Å²) in [4.78, 5) is 26.1. The summed E-state index contributed by atoms with van der Waals surface area (Å²) in [6.45, 7) is 0.757. The fraction of sp³-hybridized carbons (Fsp3) is 0.467. The van der Waals surface area contributed by atoms with Gasteiger partial charge in [-0.1, -0.05) is 24.3 Å². The standard InChI is InChI=1S/C15H17NO3/c1-19-9-8-16-13(17)10-15(14(16)18)7-6-11-4-2-3-5-12(11)15/h2-5H,6-10H2,1H3. The van der Waals surface area contributed by atoms with Gasteiger partial charge in [0.05, 0.1) is 18.6 Å². The monoisotopic (exact) mass is 259 g/mol. The van der Waals surface area contributed by atoms with Crippen LogP contribution in [-0.4, -0.2) is 37.0 Å². The number of carbonyl (C=O) groups excluding carboxylic acids is 2. The molecule has 2 aliphatic rings. The lowest BCUT2D eigenvalue weighted by Gasteiger charge is -2.22. The van der Waals surface area contributed by atoms with Gasteiger partial charge in [-0.25, -0.2) is 0 Å². The van der Waals surface area contributed by atoms with Gasteiger partial charge in [0.25, 0.3) is 0 Å². The molecule has 1 aromatic carbocycles. The number of imide groups is 1. The van der Waals surface area contributed by atoms with Crippen molar-refractivity contribution in [2.45, 2.75) is 24.7 Å². The molecule has 2 amide bonds. The number of amides is 2. The highest BCUT2D eigenvalue weighted by atomic mass is 16.5. The molecule has 3 rings (SSSR count). The molecule has 1 heterocycles. The fourth-order valence-electron chi connectivity index (χ4n) is 3.30. The van der Waals surface area contributed by atoms with Gasteiger partial charge in [0.2, 0.25) is 11.8 Å². The van der Waals surface area contributed by atoms with Crippen LogP contribution in [0.25, 0.3) is 0 Å². The van der Waals surface area contributed by atoms with Gasteiger partial charge in [-0.05, 0) is 24.0 Å². The van der Waals surface area contributed by atoms with E-state index in [0.29, 0.717) is 19.6 Å². The third kappa shape index (κ3) is 1.70. The number of likely N-dealkylation sites (tertiary alicyclic amines) is 1. The van der Waals surface area contributed by atoms with E-state index in [0.717, 1.165) is 18.4 Å². The van der Waals surface area contributed by atoms with Crippen molar-refractivity contribution in [1.82, 2.24) is 4.90 Å². The molecule has 4 heteroatoms. The number of hydrogen-bond donors (Lipinski definition) is 0. The Labute approximate surface area is 112 Å². The number of carbonyl (C=O) groups is 2. The number of ether oxygens (including phenoxy) is 1. The zero-order chi connectivity index (χ0) is 13.5. The van der Waals surface area contributed by atoms with Gasteiger partial charge in [-0.15, -0.1) is 0 Å². The van der Waals surface area contributed by atoms with E-state index in [1.54, 1.807) is 7.11 Å². The molecule has 1 saturated heterocycles. The lowest BCUT2D eigenvalue weighted by molar-refractivity contribution is -0.140. The van der Waals surface area contributed by atoms with Gasteiger partial charge in [-0.3, -0.25) is 14.5 Å². The van der Waals surface area contributed by atoms with Gasteiger partial charge in [-0.2, -0.15) is 0 Å². The van der Waals surface area contributed by atoms with E-state index >= 15 is 0 Å². The molecule has 1 spiro atoms. The molecule has 0 saturated carbocycles. The Hall–Kier alpha value is -1.68. The van der Waals surface area contributed by atoms with E-state index in [2.05, 4.69) is 6.07 Å². The second kappa shape index (κ2) is 4.46. The number of fused-ring (bicyclic) bond motifs is 2. The van der Waals surface area contributed by atoms with E-state index < -0.39 is 5.41 Å². The van der Waals surface area contributed by atoms with Crippen LogP contribution in [0, 0.1) is 0 Å². The highest BCUT2D eigenvalue weighted by Gasteiger charge is 2.54. The van der Waals surface area contributed by atoms with Crippen molar-refractivity contribution in [3.05, 3.63) is 35.4 Å². The molecule has 1 unspecified atom stereocenters. The molecule has 4 nitrogen and oxygen atoms in total. The maximum atomic E-state index is 12.7. The van der Waals surface area contributed by atoms with Crippen LogP contribution >= 0.6 is 0 Å². The summed E-state index contributed by atoms with van der Waals surface area (Å²) in [6.07, 6.45) is 1.94. The first-order valence-electron chi connectivity index (χ1n) is 6.61. The topological polar surface area (TPSA) is 46.6 Å². The molecule has 100 valence electrons. The molecule has 0 radical (unpaired) electrons. The highest BCUT2D eigenvalue weighted by molar-refractivity contribution is 6.09. The maximum Gasteiger partial charge on any atom is 0.240 e. The smallest absolute Gasteiger partial charge is 0.240 e. The van der Waals surface area contributed by atoms with Crippen molar-refractivity contribution in [3.63, 3.8) is 0 Å². The summed E-state index contributed by atoms with van der Waals surface area (Å²) in [6, 6.07) is 7.98. The lowest BCUT2D eigenvalue weighted by Crippen LogP contribution is -2.38. The molecule has 0 bridgehead atoms. The number of hydrogen-bond acceptors (Lipinski definition) is 3. The third-order valence-corrected chi connectivity index (χ3v) is 4.28. The summed E-state index contributed by atoms with van der Waals surface area (Å²) in [7, 11) is 1.58. The molecule has 1 atom stereocenters. The number of methoxy groups -OCH3 is 1. The summed E-state index contributed by atoms with van der Waals surface area (Å²) in [5.41, 5.74) is 1.66. The Kier molecular flexibility index (Phi) is 2.90. The number of nitrogens with zero attached hydrogens (tertiary/aromatic N) is 1. The third-order valence-electron chi connectivity index (χ3n) is 4.28. The Bertz CT molecular complexity index is 540. The molecule has 0 aromatic heterocycles. The Morgan fingerprint density at radius 3 is 2.89 bits per heavy atom. The maximum absolute atomic E-state index is 12.7. The first kappa shape index (κ1) is 12.4. The number of aryl methyl sites for hydroxylation is 1. The van der Waals surface area contributed by atoms with Crippen LogP contribution in [0.3, 0.4) is 0 Å². The van der Waals surface area contributed by atoms with E-state index in [9.17, 15) is 9.59 Å². The zero-order valence-corrected chi connectivity index (χ0v) is 11.0. The van der Waals surface area contributed by atoms with Gasteiger partial charge in [0.15, 0.2) is 0 Å². The van der Waals surface area contributed by atoms with E-state index in [1.165, 1.54) is 10.5 Å². The van der Waals surface area contributed by atoms with Crippen LogP contribution in [0.2, 0.25) is 0 Å². The highest BCUT2D eigenvalue weighted by Crippen LogP contribution is 2.46. The molecular formula is C15H17NO3. The predicted octanol–water partition coefficient (Wildman–Crippen LogP) is 1.28. The van der Waals surface area contributed by atoms with Crippen LogP contribution < -0.4 is 0 Å². The summed E-state index contributed by atoms with van der Waals surface area (Å²) in [5.74, 6) is -0.113. The van der Waals surface area contributed by atoms with Crippen LogP contribution in [-0.2, 0) is 26.2 Å². The van der Waals surface area contributed by atoms with Gasteiger partial charge < -0.3 is 4.74 Å². The van der Waals surface area contributed by atoms with Gasteiger partial charge in [0.1, 0.15) is 0 Å². The van der Waals surface area contributed by atoms with E-state index in [-0.39, 0.29) is 11.8 Å². The van der Waals surface area contributed by atoms with Crippen molar-refractivity contribution in [3.8, 4) is 0 Å². The number of rotatable bonds is 3. The number of benzene rings is 1. The van der Waals surface area contributed by atoms with Crippen molar-refractivity contribution in [2.24, 2.45) is 0 Å². The molecule has 1 aliphatic heterocycles. The average molecular weight is 259 g/mol. The molecule has 1 aromatic rings. The fourth-order valence-corrected chi connectivity index (χ4v) is 3.30. The summed E-state index contributed by atoms with van der Waals surface area (Å²) < 4.78 is 4.97. The normalized spacial score (nSPS) is 25.4. The Morgan fingerprint density at radius 1 is 1.32 bits per heavy atom. The summed E-state index contributed by atoms with van der Waals surface area (Å²) in [5, 5.41) is 0. The molecular weight excluding hydrogens is 242 g/mol. The van der Waals surface area contributed by atoms with Crippen LogP contribution in [0.4, 0.5) is 0 Å².